The number of aromatic nitrogens is 3. The van der Waals surface area contributed by atoms with Crippen LogP contribution in [0.3, 0.4) is 0 Å². The molecule has 1 fully saturated rings. The van der Waals surface area contributed by atoms with Gasteiger partial charge in [-0.15, -0.1) is 0 Å². The van der Waals surface area contributed by atoms with E-state index in [0.717, 1.165) is 31.6 Å². The maximum atomic E-state index is 11.8. The zero-order valence-electron chi connectivity index (χ0n) is 13.8. The van der Waals surface area contributed by atoms with E-state index in [4.69, 9.17) is 4.74 Å². The largest absolute Gasteiger partial charge is 0.491 e. The summed E-state index contributed by atoms with van der Waals surface area (Å²) in [4.78, 5) is 14.0. The maximum Gasteiger partial charge on any atom is 0.309 e. The topological polar surface area (TPSA) is 80.5 Å². The first kappa shape index (κ1) is 16.4. The minimum absolute atomic E-state index is 0.0213. The van der Waals surface area contributed by atoms with Gasteiger partial charge in [-0.3, -0.25) is 9.69 Å². The van der Waals surface area contributed by atoms with Crippen LogP contribution < -0.4 is 0 Å². The Balaban J connectivity index is 1.66. The van der Waals surface area contributed by atoms with Crippen LogP contribution in [0.15, 0.2) is 30.3 Å². The molecule has 1 saturated heterocycles. The van der Waals surface area contributed by atoms with Crippen molar-refractivity contribution in [3.8, 4) is 11.6 Å². The van der Waals surface area contributed by atoms with Crippen LogP contribution in [0, 0.1) is 5.92 Å². The van der Waals surface area contributed by atoms with Gasteiger partial charge in [0.05, 0.1) is 18.2 Å². The molecule has 0 amide bonds. The highest BCUT2D eigenvalue weighted by Crippen LogP contribution is 2.24. The van der Waals surface area contributed by atoms with Crippen molar-refractivity contribution < 1.29 is 14.6 Å². The molecule has 0 radical (unpaired) electrons. The Morgan fingerprint density at radius 2 is 2.00 bits per heavy atom. The molecular formula is C17H22N4O3. The predicted octanol–water partition coefficient (Wildman–Crippen LogP) is 1.75. The molecule has 0 unspecified atom stereocenters. The fourth-order valence-electron chi connectivity index (χ4n) is 3.01. The van der Waals surface area contributed by atoms with Gasteiger partial charge in [0.2, 0.25) is 0 Å². The number of carbonyl (C=O) groups excluding carboxylic acids is 1. The van der Waals surface area contributed by atoms with E-state index in [0.29, 0.717) is 18.8 Å². The van der Waals surface area contributed by atoms with Gasteiger partial charge in [-0.25, -0.2) is 4.68 Å². The second kappa shape index (κ2) is 7.44. The van der Waals surface area contributed by atoms with Crippen molar-refractivity contribution >= 4 is 5.97 Å². The van der Waals surface area contributed by atoms with Crippen molar-refractivity contribution in [2.45, 2.75) is 26.3 Å². The summed E-state index contributed by atoms with van der Waals surface area (Å²) >= 11 is 0. The SMILES string of the molecule is CCOC(=O)C1CCN(Cc2c(O)nnn2-c2ccccc2)CC1. The van der Waals surface area contributed by atoms with Crippen LogP contribution in [-0.2, 0) is 16.1 Å². The zero-order chi connectivity index (χ0) is 16.9. The normalized spacial score (nSPS) is 16.2. The molecule has 7 heteroatoms. The van der Waals surface area contributed by atoms with E-state index in [1.54, 1.807) is 4.68 Å². The number of hydrogen-bond acceptors (Lipinski definition) is 6. The lowest BCUT2D eigenvalue weighted by Gasteiger charge is -2.30. The summed E-state index contributed by atoms with van der Waals surface area (Å²) < 4.78 is 6.76. The lowest BCUT2D eigenvalue weighted by molar-refractivity contribution is -0.149. The van der Waals surface area contributed by atoms with Gasteiger partial charge < -0.3 is 9.84 Å². The molecule has 24 heavy (non-hydrogen) atoms. The van der Waals surface area contributed by atoms with Crippen molar-refractivity contribution in [2.75, 3.05) is 19.7 Å². The maximum absolute atomic E-state index is 11.8. The first-order valence-electron chi connectivity index (χ1n) is 8.27. The van der Waals surface area contributed by atoms with Gasteiger partial charge in [-0.2, -0.15) is 0 Å². The minimum Gasteiger partial charge on any atom is -0.491 e. The lowest BCUT2D eigenvalue weighted by atomic mass is 9.97. The van der Waals surface area contributed by atoms with Crippen LogP contribution in [0.5, 0.6) is 5.88 Å². The molecule has 0 atom stereocenters. The summed E-state index contributed by atoms with van der Waals surface area (Å²) in [5.74, 6) is -0.172. The minimum atomic E-state index is -0.101. The molecule has 2 aromatic rings. The second-order valence-electron chi connectivity index (χ2n) is 5.91. The third-order valence-corrected chi connectivity index (χ3v) is 4.32. The standard InChI is InChI=1S/C17H22N4O3/c1-2-24-17(23)13-8-10-20(11-9-13)12-15-16(22)18-19-21(15)14-6-4-3-5-7-14/h3-7,13,22H,2,8-12H2,1H3. The Morgan fingerprint density at radius 1 is 1.29 bits per heavy atom. The monoisotopic (exact) mass is 330 g/mol. The second-order valence-corrected chi connectivity index (χ2v) is 5.91. The Bertz CT molecular complexity index is 678. The highest BCUT2D eigenvalue weighted by molar-refractivity contribution is 5.72. The van der Waals surface area contributed by atoms with Crippen molar-refractivity contribution in [2.24, 2.45) is 5.92 Å². The highest BCUT2D eigenvalue weighted by Gasteiger charge is 2.27. The van der Waals surface area contributed by atoms with Crippen LogP contribution in [-0.4, -0.2) is 50.7 Å². The number of piperidine rings is 1. The Kier molecular flexibility index (Phi) is 5.10. The van der Waals surface area contributed by atoms with Crippen LogP contribution in [0.4, 0.5) is 0 Å². The molecule has 1 aliphatic rings. The van der Waals surface area contributed by atoms with Crippen LogP contribution in [0.1, 0.15) is 25.5 Å². The molecule has 0 saturated carbocycles. The van der Waals surface area contributed by atoms with E-state index < -0.39 is 0 Å². The molecule has 0 bridgehead atoms. The van der Waals surface area contributed by atoms with E-state index >= 15 is 0 Å². The third-order valence-electron chi connectivity index (χ3n) is 4.32. The van der Waals surface area contributed by atoms with Gasteiger partial charge in [-0.1, -0.05) is 28.5 Å². The van der Waals surface area contributed by atoms with Gasteiger partial charge in [0.15, 0.2) is 0 Å². The Morgan fingerprint density at radius 3 is 2.67 bits per heavy atom. The summed E-state index contributed by atoms with van der Waals surface area (Å²) in [6.07, 6.45) is 1.54. The molecule has 3 rings (SSSR count). The molecule has 128 valence electrons. The summed E-state index contributed by atoms with van der Waals surface area (Å²) in [7, 11) is 0. The lowest BCUT2D eigenvalue weighted by Crippen LogP contribution is -2.37. The van der Waals surface area contributed by atoms with E-state index in [1.807, 2.05) is 37.3 Å². The van der Waals surface area contributed by atoms with E-state index in [9.17, 15) is 9.90 Å². The van der Waals surface area contributed by atoms with Gasteiger partial charge in [0, 0.05) is 6.54 Å². The average molecular weight is 330 g/mol. The number of hydrogen-bond donors (Lipinski definition) is 1. The number of nitrogens with zero attached hydrogens (tertiary/aromatic N) is 4. The van der Waals surface area contributed by atoms with Crippen LogP contribution >= 0.6 is 0 Å². The number of aromatic hydroxyl groups is 1. The molecule has 1 aromatic carbocycles. The van der Waals surface area contributed by atoms with Crippen molar-refractivity contribution in [3.63, 3.8) is 0 Å². The third kappa shape index (κ3) is 3.56. The molecule has 0 aliphatic carbocycles. The van der Waals surface area contributed by atoms with E-state index in [1.165, 1.54) is 0 Å². The number of likely N-dealkylation sites (tertiary alicyclic amines) is 1. The van der Waals surface area contributed by atoms with Gasteiger partial charge >= 0.3 is 5.97 Å². The average Bonchev–Trinajstić information content (AvgIpc) is 2.97. The van der Waals surface area contributed by atoms with Crippen molar-refractivity contribution in [3.05, 3.63) is 36.0 Å². The molecule has 1 N–H and O–H groups in total. The molecule has 7 nitrogen and oxygen atoms in total. The summed E-state index contributed by atoms with van der Waals surface area (Å²) in [5, 5.41) is 17.9. The number of benzene rings is 1. The van der Waals surface area contributed by atoms with Crippen molar-refractivity contribution in [1.82, 2.24) is 19.9 Å². The molecule has 2 heterocycles. The molecule has 1 aromatic heterocycles. The van der Waals surface area contributed by atoms with Gasteiger partial charge in [0.1, 0.15) is 5.69 Å². The van der Waals surface area contributed by atoms with Gasteiger partial charge in [0.25, 0.3) is 5.88 Å². The summed E-state index contributed by atoms with van der Waals surface area (Å²) in [6, 6.07) is 9.61. The quantitative estimate of drug-likeness (QED) is 0.841. The summed E-state index contributed by atoms with van der Waals surface area (Å²) in [6.45, 7) is 4.36. The number of esters is 1. The number of rotatable bonds is 5. The Labute approximate surface area is 140 Å². The van der Waals surface area contributed by atoms with Gasteiger partial charge in [-0.05, 0) is 45.0 Å². The number of para-hydroxylation sites is 1. The van der Waals surface area contributed by atoms with Crippen LogP contribution in [0.2, 0.25) is 0 Å². The smallest absolute Gasteiger partial charge is 0.309 e. The van der Waals surface area contributed by atoms with E-state index in [-0.39, 0.29) is 17.8 Å². The van der Waals surface area contributed by atoms with Crippen molar-refractivity contribution in [1.29, 1.82) is 0 Å². The fourth-order valence-corrected chi connectivity index (χ4v) is 3.01. The Hall–Kier alpha value is -2.41. The number of carbonyl (C=O) groups is 1. The molecule has 0 spiro atoms. The fraction of sp³-hybridized carbons (Fsp3) is 0.471. The highest BCUT2D eigenvalue weighted by atomic mass is 16.5. The summed E-state index contributed by atoms with van der Waals surface area (Å²) in [5.41, 5.74) is 1.53. The van der Waals surface area contributed by atoms with Crippen LogP contribution in [0.25, 0.3) is 5.69 Å². The number of ether oxygens (including phenoxy) is 1. The first-order chi connectivity index (χ1) is 11.7. The predicted molar refractivity (Wildman–Crippen MR) is 87.7 cm³/mol. The molecule has 1 aliphatic heterocycles. The first-order valence-corrected chi connectivity index (χ1v) is 8.27. The molecular weight excluding hydrogens is 308 g/mol. The zero-order valence-corrected chi connectivity index (χ0v) is 13.8. The van der Waals surface area contributed by atoms with E-state index in [2.05, 4.69) is 15.2 Å².